The molecule has 1 saturated carbocycles. The summed E-state index contributed by atoms with van der Waals surface area (Å²) in [5, 5.41) is 12.8. The Morgan fingerprint density at radius 2 is 1.92 bits per heavy atom. The zero-order valence-corrected chi connectivity index (χ0v) is 13.1. The summed E-state index contributed by atoms with van der Waals surface area (Å²) in [6.07, 6.45) is 0.419. The highest BCUT2D eigenvalue weighted by Gasteiger charge is 2.45. The molecule has 0 radical (unpaired) electrons. The minimum atomic E-state index is -1.07. The van der Waals surface area contributed by atoms with Gasteiger partial charge in [0.2, 0.25) is 5.91 Å². The van der Waals surface area contributed by atoms with E-state index in [9.17, 15) is 18.7 Å². The van der Waals surface area contributed by atoms with Gasteiger partial charge < -0.3 is 10.4 Å². The van der Waals surface area contributed by atoms with Gasteiger partial charge in [0, 0.05) is 12.0 Å². The minimum absolute atomic E-state index is 0.156. The number of hydrogen-bond acceptors (Lipinski definition) is 2. The Labute approximate surface area is 139 Å². The fourth-order valence-electron chi connectivity index (χ4n) is 2.93. The number of aliphatic hydroxyl groups excluding tert-OH is 1. The van der Waals surface area contributed by atoms with Gasteiger partial charge in [-0.15, -0.1) is 0 Å². The molecule has 3 nitrogen and oxygen atoms in total. The molecule has 0 bridgehead atoms. The number of halogens is 2. The topological polar surface area (TPSA) is 49.3 Å². The molecule has 2 aromatic carbocycles. The first-order valence-corrected chi connectivity index (χ1v) is 7.95. The van der Waals surface area contributed by atoms with Crippen LogP contribution in [0, 0.1) is 11.6 Å². The first-order valence-electron chi connectivity index (χ1n) is 7.95. The van der Waals surface area contributed by atoms with Crippen LogP contribution in [0.5, 0.6) is 0 Å². The highest BCUT2D eigenvalue weighted by atomic mass is 19.1. The molecular formula is C19H19F2NO2. The van der Waals surface area contributed by atoms with Gasteiger partial charge in [-0.05, 0) is 42.2 Å². The molecule has 1 fully saturated rings. The van der Waals surface area contributed by atoms with Gasteiger partial charge in [-0.25, -0.2) is 8.78 Å². The maximum atomic E-state index is 13.9. The van der Waals surface area contributed by atoms with Gasteiger partial charge in [0.25, 0.3) is 0 Å². The quantitative estimate of drug-likeness (QED) is 0.854. The van der Waals surface area contributed by atoms with Crippen molar-refractivity contribution in [3.8, 4) is 0 Å². The van der Waals surface area contributed by atoms with Crippen molar-refractivity contribution in [1.29, 1.82) is 0 Å². The second-order valence-corrected chi connectivity index (χ2v) is 6.31. The summed E-state index contributed by atoms with van der Waals surface area (Å²) in [5.41, 5.74) is 0.640. The average molecular weight is 331 g/mol. The van der Waals surface area contributed by atoms with Gasteiger partial charge in [0.1, 0.15) is 11.6 Å². The second-order valence-electron chi connectivity index (χ2n) is 6.31. The highest BCUT2D eigenvalue weighted by molar-refractivity contribution is 5.76. The predicted molar refractivity (Wildman–Crippen MR) is 86.3 cm³/mol. The molecule has 1 aliphatic carbocycles. The van der Waals surface area contributed by atoms with E-state index in [2.05, 4.69) is 5.32 Å². The van der Waals surface area contributed by atoms with E-state index in [0.717, 1.165) is 12.8 Å². The van der Waals surface area contributed by atoms with Crippen molar-refractivity contribution in [3.05, 3.63) is 71.3 Å². The first kappa shape index (κ1) is 16.6. The van der Waals surface area contributed by atoms with Crippen molar-refractivity contribution in [2.45, 2.75) is 30.8 Å². The third-order valence-corrected chi connectivity index (χ3v) is 4.53. The summed E-state index contributed by atoms with van der Waals surface area (Å²) in [4.78, 5) is 12.0. The van der Waals surface area contributed by atoms with Crippen LogP contribution in [0.4, 0.5) is 8.78 Å². The number of carbonyl (C=O) groups excluding carboxylic acids is 1. The Hall–Kier alpha value is -2.27. The lowest BCUT2D eigenvalue weighted by Gasteiger charge is -2.18. The van der Waals surface area contributed by atoms with Gasteiger partial charge in [-0.2, -0.15) is 0 Å². The molecule has 1 unspecified atom stereocenters. The predicted octanol–water partition coefficient (Wildman–Crippen LogP) is 3.24. The van der Waals surface area contributed by atoms with E-state index in [1.807, 2.05) is 0 Å². The molecular weight excluding hydrogens is 312 g/mol. The van der Waals surface area contributed by atoms with E-state index in [4.69, 9.17) is 0 Å². The summed E-state index contributed by atoms with van der Waals surface area (Å²) in [7, 11) is 0. The molecule has 24 heavy (non-hydrogen) atoms. The van der Waals surface area contributed by atoms with Crippen LogP contribution >= 0.6 is 0 Å². The van der Waals surface area contributed by atoms with Crippen LogP contribution in [-0.4, -0.2) is 17.6 Å². The summed E-state index contributed by atoms with van der Waals surface area (Å²) in [6, 6.07) is 12.1. The Balaban J connectivity index is 1.57. The molecule has 0 spiro atoms. The summed E-state index contributed by atoms with van der Waals surface area (Å²) < 4.78 is 27.1. The van der Waals surface area contributed by atoms with Gasteiger partial charge in [-0.1, -0.05) is 30.3 Å². The highest BCUT2D eigenvalue weighted by Crippen LogP contribution is 2.48. The van der Waals surface area contributed by atoms with Crippen LogP contribution in [-0.2, 0) is 10.2 Å². The van der Waals surface area contributed by atoms with Gasteiger partial charge in [0.15, 0.2) is 0 Å². The lowest BCUT2D eigenvalue weighted by Crippen LogP contribution is -2.33. The monoisotopic (exact) mass is 331 g/mol. The first-order chi connectivity index (χ1) is 11.5. The molecule has 0 heterocycles. The Morgan fingerprint density at radius 3 is 2.58 bits per heavy atom. The molecule has 0 aliphatic heterocycles. The number of hydrogen-bond donors (Lipinski definition) is 2. The van der Waals surface area contributed by atoms with Crippen LogP contribution in [0.1, 0.15) is 36.5 Å². The average Bonchev–Trinajstić information content (AvgIpc) is 3.34. The summed E-state index contributed by atoms with van der Waals surface area (Å²) in [5.74, 6) is -1.05. The second kappa shape index (κ2) is 6.69. The lowest BCUT2D eigenvalue weighted by molar-refractivity contribution is -0.123. The van der Waals surface area contributed by atoms with E-state index in [1.165, 1.54) is 24.3 Å². The zero-order chi connectivity index (χ0) is 17.2. The molecule has 0 saturated heterocycles. The third-order valence-electron chi connectivity index (χ3n) is 4.53. The van der Waals surface area contributed by atoms with E-state index < -0.39 is 11.9 Å². The van der Waals surface area contributed by atoms with Crippen molar-refractivity contribution in [1.82, 2.24) is 5.32 Å². The molecule has 1 atom stereocenters. The van der Waals surface area contributed by atoms with Crippen molar-refractivity contribution in [2.24, 2.45) is 0 Å². The fourth-order valence-corrected chi connectivity index (χ4v) is 2.93. The van der Waals surface area contributed by atoms with E-state index in [0.29, 0.717) is 17.7 Å². The molecule has 126 valence electrons. The summed E-state index contributed by atoms with van der Waals surface area (Å²) in [6.45, 7) is 0.336. The van der Waals surface area contributed by atoms with Crippen molar-refractivity contribution >= 4 is 5.91 Å². The van der Waals surface area contributed by atoms with Crippen LogP contribution in [0.25, 0.3) is 0 Å². The Kier molecular flexibility index (Phi) is 4.62. The molecule has 3 rings (SSSR count). The lowest BCUT2D eigenvalue weighted by atomic mass is 9.95. The maximum absolute atomic E-state index is 13.9. The van der Waals surface area contributed by atoms with Crippen molar-refractivity contribution < 1.29 is 18.7 Å². The van der Waals surface area contributed by atoms with E-state index >= 15 is 0 Å². The molecule has 2 N–H and O–H groups in total. The van der Waals surface area contributed by atoms with E-state index in [-0.39, 0.29) is 23.6 Å². The standard InChI is InChI=1S/C19H19F2NO2/c20-14-5-3-4-13(10-14)17(23)11-18(24)22-12-19(8-9-19)15-6-1-2-7-16(15)21/h1-7,10,17,23H,8-9,11-12H2,(H,22,24). The van der Waals surface area contributed by atoms with Crippen LogP contribution < -0.4 is 5.32 Å². The molecule has 5 heteroatoms. The maximum Gasteiger partial charge on any atom is 0.222 e. The number of amides is 1. The van der Waals surface area contributed by atoms with Gasteiger partial charge in [-0.3, -0.25) is 4.79 Å². The van der Waals surface area contributed by atoms with Crippen molar-refractivity contribution in [3.63, 3.8) is 0 Å². The van der Waals surface area contributed by atoms with Crippen LogP contribution in [0.2, 0.25) is 0 Å². The molecule has 1 amide bonds. The molecule has 0 aromatic heterocycles. The third kappa shape index (κ3) is 3.62. The Bertz CT molecular complexity index is 744. The van der Waals surface area contributed by atoms with Gasteiger partial charge in [0.05, 0.1) is 12.5 Å². The fraction of sp³-hybridized carbons (Fsp3) is 0.316. The SMILES string of the molecule is O=C(CC(O)c1cccc(F)c1)NCC1(c2ccccc2F)CC1. The summed E-state index contributed by atoms with van der Waals surface area (Å²) >= 11 is 0. The molecule has 2 aromatic rings. The number of carbonyl (C=O) groups is 1. The van der Waals surface area contributed by atoms with Crippen molar-refractivity contribution in [2.75, 3.05) is 6.54 Å². The molecule has 1 aliphatic rings. The van der Waals surface area contributed by atoms with Gasteiger partial charge >= 0.3 is 0 Å². The number of nitrogens with one attached hydrogen (secondary N) is 1. The van der Waals surface area contributed by atoms with Crippen LogP contribution in [0.3, 0.4) is 0 Å². The number of benzene rings is 2. The number of aliphatic hydroxyl groups is 1. The van der Waals surface area contributed by atoms with Crippen LogP contribution in [0.15, 0.2) is 48.5 Å². The largest absolute Gasteiger partial charge is 0.388 e. The normalized spacial score (nSPS) is 16.5. The van der Waals surface area contributed by atoms with E-state index in [1.54, 1.807) is 24.3 Å². The smallest absolute Gasteiger partial charge is 0.222 e. The number of rotatable bonds is 6. The Morgan fingerprint density at radius 1 is 1.17 bits per heavy atom. The zero-order valence-electron chi connectivity index (χ0n) is 13.1. The minimum Gasteiger partial charge on any atom is -0.388 e.